The fraction of sp³-hybridized carbons (Fsp3) is 0.800. The summed E-state index contributed by atoms with van der Waals surface area (Å²) in [7, 11) is 0. The number of rotatable bonds is 4. The maximum Gasteiger partial charge on any atom is 0.321 e. The summed E-state index contributed by atoms with van der Waals surface area (Å²) in [6.45, 7) is 2.98. The molecular weight excluding hydrogens is 343 g/mol. The van der Waals surface area contributed by atoms with Crippen LogP contribution in [0.25, 0.3) is 0 Å². The van der Waals surface area contributed by atoms with Gasteiger partial charge in [-0.3, -0.25) is 14.9 Å². The molecule has 2 N–H and O–H groups in total. The predicted octanol–water partition coefficient (Wildman–Crippen LogP) is 2.66. The van der Waals surface area contributed by atoms with Crippen molar-refractivity contribution in [2.75, 3.05) is 0 Å². The number of amides is 3. The summed E-state index contributed by atoms with van der Waals surface area (Å²) in [6, 6.07) is -0.473. The van der Waals surface area contributed by atoms with Crippen molar-refractivity contribution < 1.29 is 19.1 Å². The first kappa shape index (κ1) is 18.3. The van der Waals surface area contributed by atoms with Crippen LogP contribution in [0.2, 0.25) is 0 Å². The second-order valence-electron chi connectivity index (χ2n) is 6.56. The van der Waals surface area contributed by atoms with Crippen LogP contribution in [0.3, 0.4) is 0 Å². The number of hydrogen-bond donors (Lipinski definition) is 2. The molecule has 0 heterocycles. The molecule has 6 nitrogen and oxygen atoms in total. The third-order valence-electron chi connectivity index (χ3n) is 4.54. The first-order valence-electron chi connectivity index (χ1n) is 7.86. The predicted molar refractivity (Wildman–Crippen MR) is 86.3 cm³/mol. The van der Waals surface area contributed by atoms with Crippen molar-refractivity contribution in [1.82, 2.24) is 10.6 Å². The van der Waals surface area contributed by atoms with Gasteiger partial charge in [0.2, 0.25) is 0 Å². The number of ether oxygens (including phenoxy) is 1. The van der Waals surface area contributed by atoms with E-state index in [9.17, 15) is 14.4 Å². The van der Waals surface area contributed by atoms with E-state index >= 15 is 0 Å². The summed E-state index contributed by atoms with van der Waals surface area (Å²) in [6.07, 6.45) is 4.33. The van der Waals surface area contributed by atoms with Crippen LogP contribution in [-0.4, -0.2) is 34.4 Å². The molecule has 0 bridgehead atoms. The molecule has 0 aromatic carbocycles. The van der Waals surface area contributed by atoms with Crippen LogP contribution in [0.4, 0.5) is 4.79 Å². The number of nitrogens with one attached hydrogen (secondary N) is 2. The SMILES string of the molecule is C[C@@H](OC(=O)[C@]1(C)CC1(Cl)Cl)C(=O)NC(=O)NC1CCCCC1. The van der Waals surface area contributed by atoms with Gasteiger partial charge >= 0.3 is 12.0 Å². The Labute approximate surface area is 145 Å². The summed E-state index contributed by atoms with van der Waals surface area (Å²) < 4.78 is 3.91. The molecule has 3 amide bonds. The monoisotopic (exact) mass is 364 g/mol. The van der Waals surface area contributed by atoms with Crippen LogP contribution in [0, 0.1) is 5.41 Å². The van der Waals surface area contributed by atoms with Crippen molar-refractivity contribution in [2.24, 2.45) is 5.41 Å². The number of carbonyl (C=O) groups excluding carboxylic acids is 3. The van der Waals surface area contributed by atoms with Crippen molar-refractivity contribution in [3.8, 4) is 0 Å². The number of carbonyl (C=O) groups is 3. The van der Waals surface area contributed by atoms with Gasteiger partial charge in [-0.05, 0) is 26.7 Å². The van der Waals surface area contributed by atoms with Gasteiger partial charge < -0.3 is 10.1 Å². The van der Waals surface area contributed by atoms with Crippen molar-refractivity contribution in [3.05, 3.63) is 0 Å². The minimum Gasteiger partial charge on any atom is -0.452 e. The summed E-state index contributed by atoms with van der Waals surface area (Å²) in [5.41, 5.74) is -1.00. The van der Waals surface area contributed by atoms with E-state index in [1.54, 1.807) is 6.92 Å². The molecule has 0 aliphatic heterocycles. The van der Waals surface area contributed by atoms with E-state index in [0.717, 1.165) is 25.7 Å². The van der Waals surface area contributed by atoms with Crippen LogP contribution < -0.4 is 10.6 Å². The van der Waals surface area contributed by atoms with Crippen LogP contribution in [0.5, 0.6) is 0 Å². The molecule has 2 aliphatic carbocycles. The molecule has 0 spiro atoms. The normalized spacial score (nSPS) is 27.7. The minimum absolute atomic E-state index is 0.0906. The Morgan fingerprint density at radius 2 is 1.74 bits per heavy atom. The highest BCUT2D eigenvalue weighted by Gasteiger charge is 2.69. The van der Waals surface area contributed by atoms with E-state index in [4.69, 9.17) is 27.9 Å². The number of alkyl halides is 2. The third kappa shape index (κ3) is 4.29. The van der Waals surface area contributed by atoms with Crippen LogP contribution in [0.1, 0.15) is 52.4 Å². The first-order valence-corrected chi connectivity index (χ1v) is 8.61. The topological polar surface area (TPSA) is 84.5 Å². The van der Waals surface area contributed by atoms with Crippen molar-refractivity contribution in [2.45, 2.75) is 68.9 Å². The molecule has 0 radical (unpaired) electrons. The zero-order valence-corrected chi connectivity index (χ0v) is 14.8. The van der Waals surface area contributed by atoms with Crippen LogP contribution >= 0.6 is 23.2 Å². The van der Waals surface area contributed by atoms with Gasteiger partial charge in [0.15, 0.2) is 6.10 Å². The summed E-state index contributed by atoms with van der Waals surface area (Å²) in [4.78, 5) is 35.7. The zero-order valence-electron chi connectivity index (χ0n) is 13.3. The third-order valence-corrected chi connectivity index (χ3v) is 5.64. The molecule has 2 fully saturated rings. The van der Waals surface area contributed by atoms with Crippen molar-refractivity contribution in [1.29, 1.82) is 0 Å². The lowest BCUT2D eigenvalue weighted by Gasteiger charge is -2.23. The largest absolute Gasteiger partial charge is 0.452 e. The highest BCUT2D eigenvalue weighted by molar-refractivity contribution is 6.53. The first-order chi connectivity index (χ1) is 10.7. The van der Waals surface area contributed by atoms with Gasteiger partial charge in [-0.1, -0.05) is 19.3 Å². The molecule has 130 valence electrons. The van der Waals surface area contributed by atoms with E-state index in [0.29, 0.717) is 0 Å². The van der Waals surface area contributed by atoms with Gasteiger partial charge in [0.25, 0.3) is 5.91 Å². The number of imide groups is 1. The molecule has 2 atom stereocenters. The summed E-state index contributed by atoms with van der Waals surface area (Å²) in [5, 5.41) is 4.95. The van der Waals surface area contributed by atoms with E-state index in [1.165, 1.54) is 13.3 Å². The molecule has 0 saturated heterocycles. The fourth-order valence-corrected chi connectivity index (χ4v) is 3.34. The number of halogens is 2. The highest BCUT2D eigenvalue weighted by Crippen LogP contribution is 2.64. The molecule has 0 unspecified atom stereocenters. The van der Waals surface area contributed by atoms with Gasteiger partial charge in [-0.25, -0.2) is 4.79 Å². The Morgan fingerprint density at radius 1 is 1.17 bits per heavy atom. The molecule has 8 heteroatoms. The van der Waals surface area contributed by atoms with Gasteiger partial charge in [-0.2, -0.15) is 0 Å². The second-order valence-corrected chi connectivity index (χ2v) is 8.04. The molecular formula is C15H22Cl2N2O4. The van der Waals surface area contributed by atoms with Gasteiger partial charge in [0.05, 0.1) is 0 Å². The number of esters is 1. The lowest BCUT2D eigenvalue weighted by atomic mass is 9.96. The van der Waals surface area contributed by atoms with E-state index in [2.05, 4.69) is 10.6 Å². The van der Waals surface area contributed by atoms with E-state index in [1.807, 2.05) is 0 Å². The van der Waals surface area contributed by atoms with E-state index in [-0.39, 0.29) is 12.5 Å². The maximum atomic E-state index is 12.0. The summed E-state index contributed by atoms with van der Waals surface area (Å²) >= 11 is 11.8. The Hall–Kier alpha value is -1.01. The molecule has 23 heavy (non-hydrogen) atoms. The van der Waals surface area contributed by atoms with Gasteiger partial charge in [-0.15, -0.1) is 23.2 Å². The molecule has 0 aromatic rings. The molecule has 2 aliphatic rings. The Morgan fingerprint density at radius 3 is 2.26 bits per heavy atom. The number of urea groups is 1. The Kier molecular flexibility index (Phi) is 5.46. The van der Waals surface area contributed by atoms with Crippen molar-refractivity contribution >= 4 is 41.1 Å². The standard InChI is InChI=1S/C15H22Cl2N2O4/c1-9(23-12(21)14(2)8-15(14,16)17)11(20)19-13(22)18-10-6-4-3-5-7-10/h9-10H,3-8H2,1-2H3,(H2,18,19,20,22)/t9-,14+/m1/s1. The Balaban J connectivity index is 1.76. The lowest BCUT2D eigenvalue weighted by Crippen LogP contribution is -2.48. The average Bonchev–Trinajstić information content (AvgIpc) is 2.99. The van der Waals surface area contributed by atoms with Crippen LogP contribution in [-0.2, 0) is 14.3 Å². The smallest absolute Gasteiger partial charge is 0.321 e. The molecule has 2 saturated carbocycles. The number of hydrogen-bond acceptors (Lipinski definition) is 4. The zero-order chi connectivity index (χ0) is 17.3. The maximum absolute atomic E-state index is 12.0. The fourth-order valence-electron chi connectivity index (χ4n) is 2.65. The summed E-state index contributed by atoms with van der Waals surface area (Å²) in [5.74, 6) is -1.32. The highest BCUT2D eigenvalue weighted by atomic mass is 35.5. The van der Waals surface area contributed by atoms with E-state index < -0.39 is 33.8 Å². The minimum atomic E-state index is -1.15. The van der Waals surface area contributed by atoms with Gasteiger partial charge in [0, 0.05) is 12.5 Å². The quantitative estimate of drug-likeness (QED) is 0.593. The average molecular weight is 365 g/mol. The lowest BCUT2D eigenvalue weighted by molar-refractivity contribution is -0.159. The Bertz CT molecular complexity index is 506. The second kappa shape index (κ2) is 6.85. The van der Waals surface area contributed by atoms with Crippen LogP contribution in [0.15, 0.2) is 0 Å². The molecule has 2 rings (SSSR count). The molecule has 0 aromatic heterocycles. The van der Waals surface area contributed by atoms with Gasteiger partial charge in [0.1, 0.15) is 9.75 Å². The van der Waals surface area contributed by atoms with Crippen molar-refractivity contribution in [3.63, 3.8) is 0 Å².